The molecule has 0 radical (unpaired) electrons. The number of thioether (sulfide) groups is 1. The van der Waals surface area contributed by atoms with E-state index in [0.717, 1.165) is 22.2 Å². The van der Waals surface area contributed by atoms with Crippen LogP contribution >= 0.6 is 23.1 Å². The standard InChI is InChI=1S/C21H18N8O3S3/c1-11(33-20-24-18-17(26-27-20)15-5-3-4-6-16(15)23-18)19(30)22-13-7-9-14(10-8-13)35(31,32)29-21-28-25-12(2)34-21/h3-11H,1-2H3,(H,22,30)(H,28,29)(H,23,24,27). The maximum absolute atomic E-state index is 12.7. The van der Waals surface area contributed by atoms with Crippen LogP contribution in [0.25, 0.3) is 22.1 Å². The van der Waals surface area contributed by atoms with Gasteiger partial charge >= 0.3 is 0 Å². The summed E-state index contributed by atoms with van der Waals surface area (Å²) in [5.41, 5.74) is 2.65. The van der Waals surface area contributed by atoms with Crippen LogP contribution in [-0.4, -0.2) is 49.9 Å². The van der Waals surface area contributed by atoms with E-state index in [1.54, 1.807) is 13.8 Å². The second-order valence-corrected chi connectivity index (χ2v) is 11.6. The Hall–Kier alpha value is -3.62. The van der Waals surface area contributed by atoms with Crippen LogP contribution in [0.5, 0.6) is 0 Å². The van der Waals surface area contributed by atoms with Gasteiger partial charge in [-0.3, -0.25) is 9.52 Å². The topological polar surface area (TPSA) is 156 Å². The van der Waals surface area contributed by atoms with E-state index in [0.29, 0.717) is 27.0 Å². The van der Waals surface area contributed by atoms with Crippen molar-refractivity contribution in [3.63, 3.8) is 0 Å². The van der Waals surface area contributed by atoms with Crippen LogP contribution in [0.1, 0.15) is 11.9 Å². The molecule has 3 N–H and O–H groups in total. The van der Waals surface area contributed by atoms with Crippen LogP contribution in [-0.2, 0) is 14.8 Å². The van der Waals surface area contributed by atoms with Crippen molar-refractivity contribution in [3.05, 3.63) is 53.5 Å². The quantitative estimate of drug-likeness (QED) is 0.270. The highest BCUT2D eigenvalue weighted by Gasteiger charge is 2.19. The van der Waals surface area contributed by atoms with Crippen LogP contribution in [0, 0.1) is 6.92 Å². The maximum Gasteiger partial charge on any atom is 0.263 e. The maximum atomic E-state index is 12.7. The first-order valence-corrected chi connectivity index (χ1v) is 13.5. The van der Waals surface area contributed by atoms with Gasteiger partial charge < -0.3 is 10.3 Å². The number of H-pyrrole nitrogens is 1. The van der Waals surface area contributed by atoms with E-state index in [4.69, 9.17) is 0 Å². The summed E-state index contributed by atoms with van der Waals surface area (Å²) in [6.45, 7) is 3.46. The fourth-order valence-electron chi connectivity index (χ4n) is 3.24. The summed E-state index contributed by atoms with van der Waals surface area (Å²) in [7, 11) is -3.82. The zero-order valence-electron chi connectivity index (χ0n) is 18.4. The lowest BCUT2D eigenvalue weighted by Gasteiger charge is -2.11. The third kappa shape index (κ3) is 4.94. The summed E-state index contributed by atoms with van der Waals surface area (Å²) in [5.74, 6) is -0.284. The third-order valence-corrected chi connectivity index (χ3v) is 8.12. The number of carbonyl (C=O) groups excluding carboxylic acids is 1. The fourth-order valence-corrected chi connectivity index (χ4v) is 5.78. The molecule has 1 unspecified atom stereocenters. The summed E-state index contributed by atoms with van der Waals surface area (Å²) < 4.78 is 27.4. The second kappa shape index (κ2) is 9.20. The minimum atomic E-state index is -3.82. The van der Waals surface area contributed by atoms with Gasteiger partial charge in [0.25, 0.3) is 10.0 Å². The number of hydrogen-bond donors (Lipinski definition) is 3. The highest BCUT2D eigenvalue weighted by atomic mass is 32.2. The lowest BCUT2D eigenvalue weighted by atomic mass is 10.2. The average molecular weight is 527 g/mol. The number of benzene rings is 2. The first-order valence-electron chi connectivity index (χ1n) is 10.3. The van der Waals surface area contributed by atoms with Gasteiger partial charge in [0.05, 0.1) is 10.1 Å². The highest BCUT2D eigenvalue weighted by molar-refractivity contribution is 8.00. The lowest BCUT2D eigenvalue weighted by molar-refractivity contribution is -0.115. The second-order valence-electron chi connectivity index (χ2n) is 7.47. The number of anilines is 2. The number of aromatic nitrogens is 6. The first kappa shape index (κ1) is 23.1. The summed E-state index contributed by atoms with van der Waals surface area (Å²) >= 11 is 2.31. The van der Waals surface area contributed by atoms with E-state index in [2.05, 4.69) is 40.4 Å². The van der Waals surface area contributed by atoms with E-state index in [1.807, 2.05) is 24.3 Å². The van der Waals surface area contributed by atoms with Crippen molar-refractivity contribution in [1.82, 2.24) is 30.4 Å². The Morgan fingerprint density at radius 1 is 1.06 bits per heavy atom. The molecule has 3 heterocycles. The lowest BCUT2D eigenvalue weighted by Crippen LogP contribution is -2.22. The molecule has 0 fully saturated rings. The van der Waals surface area contributed by atoms with Gasteiger partial charge in [-0.15, -0.1) is 20.4 Å². The summed E-state index contributed by atoms with van der Waals surface area (Å²) in [6, 6.07) is 13.6. The molecule has 3 aromatic heterocycles. The van der Waals surface area contributed by atoms with E-state index < -0.39 is 15.3 Å². The van der Waals surface area contributed by atoms with Crippen molar-refractivity contribution in [1.29, 1.82) is 0 Å². The van der Waals surface area contributed by atoms with Crippen LogP contribution < -0.4 is 10.0 Å². The number of amides is 1. The molecule has 5 aromatic rings. The van der Waals surface area contributed by atoms with Gasteiger partial charge in [-0.25, -0.2) is 13.4 Å². The number of nitrogens with one attached hydrogen (secondary N) is 3. The molecule has 2 aromatic carbocycles. The van der Waals surface area contributed by atoms with E-state index in [1.165, 1.54) is 36.0 Å². The monoisotopic (exact) mass is 526 g/mol. The molecule has 1 amide bonds. The van der Waals surface area contributed by atoms with Gasteiger partial charge in [-0.1, -0.05) is 41.3 Å². The normalized spacial score (nSPS) is 12.6. The Kier molecular flexibility index (Phi) is 6.08. The molecule has 0 aliphatic rings. The number of aryl methyl sites for hydroxylation is 1. The Labute approximate surface area is 207 Å². The molecule has 0 spiro atoms. The van der Waals surface area contributed by atoms with Crippen LogP contribution in [0.4, 0.5) is 10.8 Å². The molecule has 0 aliphatic carbocycles. The van der Waals surface area contributed by atoms with E-state index in [-0.39, 0.29) is 15.9 Å². The van der Waals surface area contributed by atoms with Crippen molar-refractivity contribution in [2.45, 2.75) is 29.1 Å². The number of hydrogen-bond acceptors (Lipinski definition) is 10. The Morgan fingerprint density at radius 3 is 2.57 bits per heavy atom. The Morgan fingerprint density at radius 2 is 1.83 bits per heavy atom. The molecule has 14 heteroatoms. The molecule has 11 nitrogen and oxygen atoms in total. The predicted octanol–water partition coefficient (Wildman–Crippen LogP) is 3.59. The van der Waals surface area contributed by atoms with Gasteiger partial charge in [-0.2, -0.15) is 0 Å². The highest BCUT2D eigenvalue weighted by Crippen LogP contribution is 2.26. The molecule has 35 heavy (non-hydrogen) atoms. The number of fused-ring (bicyclic) bond motifs is 3. The van der Waals surface area contributed by atoms with Crippen molar-refractivity contribution in [3.8, 4) is 0 Å². The third-order valence-electron chi connectivity index (χ3n) is 4.93. The zero-order chi connectivity index (χ0) is 24.6. The molecule has 0 bridgehead atoms. The van der Waals surface area contributed by atoms with Crippen molar-refractivity contribution in [2.24, 2.45) is 0 Å². The van der Waals surface area contributed by atoms with Gasteiger partial charge in [0.2, 0.25) is 16.2 Å². The minimum Gasteiger partial charge on any atom is -0.338 e. The molecular weight excluding hydrogens is 508 g/mol. The number of nitrogens with zero attached hydrogens (tertiary/aromatic N) is 5. The fraction of sp³-hybridized carbons (Fsp3) is 0.143. The number of rotatable bonds is 7. The zero-order valence-corrected chi connectivity index (χ0v) is 20.8. The molecule has 178 valence electrons. The minimum absolute atomic E-state index is 0.0388. The number of aromatic amines is 1. The number of sulfonamides is 1. The Bertz CT molecular complexity index is 1650. The molecule has 5 rings (SSSR count). The van der Waals surface area contributed by atoms with Gasteiger partial charge in [-0.05, 0) is 44.2 Å². The molecule has 1 atom stereocenters. The van der Waals surface area contributed by atoms with Gasteiger partial charge in [0, 0.05) is 16.6 Å². The summed E-state index contributed by atoms with van der Waals surface area (Å²) in [5, 5.41) is 20.4. The average Bonchev–Trinajstić information content (AvgIpc) is 3.41. The van der Waals surface area contributed by atoms with Gasteiger partial charge in [0.15, 0.2) is 5.65 Å². The van der Waals surface area contributed by atoms with Crippen molar-refractivity contribution < 1.29 is 13.2 Å². The Balaban J connectivity index is 1.24. The van der Waals surface area contributed by atoms with Crippen LogP contribution in [0.15, 0.2) is 58.6 Å². The number of para-hydroxylation sites is 1. The van der Waals surface area contributed by atoms with Gasteiger partial charge in [0.1, 0.15) is 10.5 Å². The molecule has 0 saturated heterocycles. The molecule has 0 saturated carbocycles. The van der Waals surface area contributed by atoms with Crippen molar-refractivity contribution in [2.75, 3.05) is 10.0 Å². The predicted molar refractivity (Wildman–Crippen MR) is 135 cm³/mol. The van der Waals surface area contributed by atoms with Crippen LogP contribution in [0.3, 0.4) is 0 Å². The SMILES string of the molecule is Cc1nnc(NS(=O)(=O)c2ccc(NC(=O)C(C)Sc3nnc4c(n3)[nH]c3ccccc34)cc2)s1. The van der Waals surface area contributed by atoms with E-state index >= 15 is 0 Å². The molecule has 0 aliphatic heterocycles. The van der Waals surface area contributed by atoms with Crippen molar-refractivity contribution >= 4 is 71.9 Å². The summed E-state index contributed by atoms with van der Waals surface area (Å²) in [4.78, 5) is 20.4. The number of carbonyl (C=O) groups is 1. The summed E-state index contributed by atoms with van der Waals surface area (Å²) in [6.07, 6.45) is 0. The van der Waals surface area contributed by atoms with E-state index in [9.17, 15) is 13.2 Å². The smallest absolute Gasteiger partial charge is 0.263 e. The largest absolute Gasteiger partial charge is 0.338 e. The van der Waals surface area contributed by atoms with Crippen LogP contribution in [0.2, 0.25) is 0 Å². The molecular formula is C21H18N8O3S3. The first-order chi connectivity index (χ1) is 16.8.